The van der Waals surface area contributed by atoms with Crippen molar-refractivity contribution in [2.75, 3.05) is 43.9 Å². The van der Waals surface area contributed by atoms with E-state index in [4.69, 9.17) is 5.11 Å². The quantitative estimate of drug-likeness (QED) is 0.693. The van der Waals surface area contributed by atoms with Gasteiger partial charge in [0.15, 0.2) is 5.82 Å². The van der Waals surface area contributed by atoms with Gasteiger partial charge in [0.05, 0.1) is 12.2 Å². The number of halogens is 1. The van der Waals surface area contributed by atoms with Crippen molar-refractivity contribution in [2.24, 2.45) is 0 Å². The van der Waals surface area contributed by atoms with Crippen LogP contribution in [0.4, 0.5) is 10.2 Å². The molecule has 29 heavy (non-hydrogen) atoms. The lowest BCUT2D eigenvalue weighted by Crippen LogP contribution is -2.46. The van der Waals surface area contributed by atoms with Gasteiger partial charge in [-0.05, 0) is 36.8 Å². The van der Waals surface area contributed by atoms with Gasteiger partial charge >= 0.3 is 0 Å². The molecule has 0 bridgehead atoms. The van der Waals surface area contributed by atoms with E-state index in [9.17, 15) is 9.18 Å². The van der Waals surface area contributed by atoms with E-state index in [0.717, 1.165) is 37.4 Å². The van der Waals surface area contributed by atoms with E-state index in [1.165, 1.54) is 12.1 Å². The van der Waals surface area contributed by atoms with Gasteiger partial charge in [-0.3, -0.25) is 4.79 Å². The van der Waals surface area contributed by atoms with E-state index in [1.807, 2.05) is 18.7 Å². The number of anilines is 1. The van der Waals surface area contributed by atoms with Crippen molar-refractivity contribution in [3.8, 4) is 0 Å². The zero-order chi connectivity index (χ0) is 21.2. The summed E-state index contributed by atoms with van der Waals surface area (Å²) in [6, 6.07) is 6.17. The average Bonchev–Trinajstić information content (AvgIpc) is 2.77. The maximum absolute atomic E-state index is 13.2. The second-order valence-corrected chi connectivity index (χ2v) is 7.42. The number of hydrogen-bond donors (Lipinski definition) is 1. The van der Waals surface area contributed by atoms with Crippen LogP contribution in [0.2, 0.25) is 0 Å². The summed E-state index contributed by atoms with van der Waals surface area (Å²) in [7, 11) is 0. The Kier molecular flexibility index (Phi) is 9.63. The lowest BCUT2D eigenvalue weighted by Gasteiger charge is -2.33. The topological polar surface area (TPSA) is 61.6 Å². The maximum atomic E-state index is 13.2. The molecule has 0 atom stereocenters. The Bertz CT molecular complexity index is 805. The second-order valence-electron chi connectivity index (χ2n) is 6.54. The minimum Gasteiger partial charge on any atom is -0.396 e. The van der Waals surface area contributed by atoms with E-state index in [2.05, 4.69) is 15.5 Å². The largest absolute Gasteiger partial charge is 0.396 e. The van der Waals surface area contributed by atoms with Crippen LogP contribution in [0.15, 0.2) is 35.3 Å². The third kappa shape index (κ3) is 6.55. The van der Waals surface area contributed by atoms with Crippen LogP contribution in [0.3, 0.4) is 0 Å². The Morgan fingerprint density at radius 3 is 2.38 bits per heavy atom. The Balaban J connectivity index is 0.00000145. The van der Waals surface area contributed by atoms with Crippen LogP contribution in [0, 0.1) is 5.82 Å². The highest BCUT2D eigenvalue weighted by Crippen LogP contribution is 2.15. The Labute approximate surface area is 176 Å². The lowest BCUT2D eigenvalue weighted by molar-refractivity contribution is 0.288. The van der Waals surface area contributed by atoms with Crippen molar-refractivity contribution in [1.29, 1.82) is 0 Å². The first-order valence-corrected chi connectivity index (χ1v) is 11.3. The zero-order valence-electron chi connectivity index (χ0n) is 17.5. The summed E-state index contributed by atoms with van der Waals surface area (Å²) in [5.41, 5.74) is 1.51. The zero-order valence-corrected chi connectivity index (χ0v) is 18.3. The van der Waals surface area contributed by atoms with Crippen LogP contribution in [-0.4, -0.2) is 58.0 Å². The van der Waals surface area contributed by atoms with Crippen LogP contribution in [0.1, 0.15) is 31.5 Å². The molecule has 6 nitrogen and oxygen atoms in total. The van der Waals surface area contributed by atoms with Gasteiger partial charge in [0.25, 0.3) is 5.56 Å². The van der Waals surface area contributed by atoms with Gasteiger partial charge in [0, 0.05) is 39.0 Å². The summed E-state index contributed by atoms with van der Waals surface area (Å²) in [5, 5.41) is 9.14. The van der Waals surface area contributed by atoms with E-state index in [0.29, 0.717) is 25.2 Å². The van der Waals surface area contributed by atoms with Gasteiger partial charge in [0.2, 0.25) is 0 Å². The minimum absolute atomic E-state index is 0.0838. The van der Waals surface area contributed by atoms with Crippen molar-refractivity contribution >= 4 is 17.8 Å². The fourth-order valence-corrected chi connectivity index (χ4v) is 3.68. The fraction of sp³-hybridized carbons (Fsp3) is 0.524. The molecule has 0 spiro atoms. The highest BCUT2D eigenvalue weighted by Gasteiger charge is 2.21. The van der Waals surface area contributed by atoms with Gasteiger partial charge in [-0.25, -0.2) is 13.7 Å². The molecular weight excluding hydrogens is 391 g/mol. The Hall–Kier alpha value is -1.90. The molecule has 1 aliphatic heterocycles. The first kappa shape index (κ1) is 23.4. The number of aryl methyl sites for hydroxylation is 1. The van der Waals surface area contributed by atoms with Gasteiger partial charge < -0.3 is 14.6 Å². The number of piperazine rings is 1. The van der Waals surface area contributed by atoms with E-state index >= 15 is 0 Å². The molecule has 8 heteroatoms. The Morgan fingerprint density at radius 2 is 1.79 bits per heavy atom. The van der Waals surface area contributed by atoms with E-state index < -0.39 is 0 Å². The number of aliphatic hydroxyl groups excluding tert-OH is 1. The molecule has 0 amide bonds. The summed E-state index contributed by atoms with van der Waals surface area (Å²) in [6.07, 6.45) is 5.02. The number of rotatable bonds is 7. The van der Waals surface area contributed by atoms with Crippen molar-refractivity contribution in [2.45, 2.75) is 33.2 Å². The Morgan fingerprint density at radius 1 is 1.14 bits per heavy atom. The summed E-state index contributed by atoms with van der Waals surface area (Å²) in [4.78, 5) is 19.7. The highest BCUT2D eigenvalue weighted by molar-refractivity contribution is 7.96. The third-order valence-electron chi connectivity index (χ3n) is 4.66. The van der Waals surface area contributed by atoms with Crippen LogP contribution < -0.4 is 10.5 Å². The predicted molar refractivity (Wildman–Crippen MR) is 118 cm³/mol. The summed E-state index contributed by atoms with van der Waals surface area (Å²) < 4.78 is 17.1. The van der Waals surface area contributed by atoms with Gasteiger partial charge in [0.1, 0.15) is 5.82 Å². The smallest absolute Gasteiger partial charge is 0.293 e. The average molecular weight is 423 g/mol. The van der Waals surface area contributed by atoms with Crippen molar-refractivity contribution in [1.82, 2.24) is 13.9 Å². The first-order valence-electron chi connectivity index (χ1n) is 10.1. The van der Waals surface area contributed by atoms with Crippen molar-refractivity contribution in [3.63, 3.8) is 0 Å². The molecule has 1 aromatic carbocycles. The highest BCUT2D eigenvalue weighted by atomic mass is 32.2. The summed E-state index contributed by atoms with van der Waals surface area (Å²) in [5.74, 6) is 0.171. The molecule has 1 fully saturated rings. The molecule has 2 heterocycles. The van der Waals surface area contributed by atoms with Crippen LogP contribution in [0.25, 0.3) is 0 Å². The van der Waals surface area contributed by atoms with Crippen LogP contribution in [0.5, 0.6) is 0 Å². The summed E-state index contributed by atoms with van der Waals surface area (Å²) in [6.45, 7) is 7.71. The maximum Gasteiger partial charge on any atom is 0.293 e. The van der Waals surface area contributed by atoms with Crippen molar-refractivity contribution in [3.05, 3.63) is 57.9 Å². The molecule has 1 aromatic heterocycles. The van der Waals surface area contributed by atoms with Crippen LogP contribution in [-0.2, 0) is 13.0 Å². The molecule has 3 rings (SSSR count). The molecule has 0 saturated carbocycles. The first-order chi connectivity index (χ1) is 14.1. The second kappa shape index (κ2) is 11.9. The molecule has 0 unspecified atom stereocenters. The molecule has 2 aromatic rings. The number of benzene rings is 1. The number of hydrogen-bond acceptors (Lipinski definition) is 6. The van der Waals surface area contributed by atoms with Crippen LogP contribution >= 0.6 is 11.9 Å². The SMILES string of the molecule is CC.CSN1CCN(c2nc(CCCO)cn(Cc3ccc(F)cc3)c2=O)CC1. The molecule has 1 N–H and O–H groups in total. The molecular formula is C21H31FN4O2S. The molecule has 0 radical (unpaired) electrons. The molecule has 160 valence electrons. The number of aromatic nitrogens is 2. The number of nitrogens with zero attached hydrogens (tertiary/aromatic N) is 4. The fourth-order valence-electron chi connectivity index (χ4n) is 3.15. The third-order valence-corrected chi connectivity index (χ3v) is 5.54. The summed E-state index contributed by atoms with van der Waals surface area (Å²) >= 11 is 1.71. The lowest BCUT2D eigenvalue weighted by atomic mass is 10.2. The van der Waals surface area contributed by atoms with E-state index in [-0.39, 0.29) is 18.0 Å². The standard InChI is InChI=1S/C19H25FN4O2S.C2H6/c1-27-24-10-8-22(9-11-24)18-19(26)23(14-17(21-18)3-2-12-25)13-15-4-6-16(20)7-5-15;1-2/h4-7,14,25H,2-3,8-13H2,1H3;1-2H3. The number of aliphatic hydroxyl groups is 1. The molecule has 0 aliphatic carbocycles. The monoisotopic (exact) mass is 422 g/mol. The molecule has 1 aliphatic rings. The van der Waals surface area contributed by atoms with Crippen molar-refractivity contribution < 1.29 is 9.50 Å². The van der Waals surface area contributed by atoms with Gasteiger partial charge in [-0.1, -0.05) is 37.9 Å². The van der Waals surface area contributed by atoms with Gasteiger partial charge in [-0.2, -0.15) is 0 Å². The normalized spacial score (nSPS) is 14.4. The minimum atomic E-state index is -0.295. The predicted octanol–water partition coefficient (Wildman–Crippen LogP) is 2.78. The van der Waals surface area contributed by atoms with E-state index in [1.54, 1.807) is 34.8 Å². The van der Waals surface area contributed by atoms with Gasteiger partial charge in [-0.15, -0.1) is 0 Å². The molecule has 1 saturated heterocycles.